The number of aryl methyl sites for hydroxylation is 1. The molecular formula is C30H31N3O6. The first-order valence-electron chi connectivity index (χ1n) is 12.9. The summed E-state index contributed by atoms with van der Waals surface area (Å²) in [7, 11) is 1.54. The van der Waals surface area contributed by atoms with Crippen LogP contribution in [-0.4, -0.2) is 44.8 Å². The van der Waals surface area contributed by atoms with Gasteiger partial charge in [0.05, 0.1) is 43.8 Å². The van der Waals surface area contributed by atoms with Crippen molar-refractivity contribution in [1.29, 1.82) is 0 Å². The second-order valence-corrected chi connectivity index (χ2v) is 9.92. The van der Waals surface area contributed by atoms with Crippen LogP contribution in [0.1, 0.15) is 49.0 Å². The number of ether oxygens (including phenoxy) is 2. The summed E-state index contributed by atoms with van der Waals surface area (Å²) >= 11 is 0. The van der Waals surface area contributed by atoms with Crippen molar-refractivity contribution in [1.82, 2.24) is 14.3 Å². The molecule has 9 nitrogen and oxygen atoms in total. The van der Waals surface area contributed by atoms with E-state index in [1.807, 2.05) is 6.07 Å². The van der Waals surface area contributed by atoms with Crippen molar-refractivity contribution in [3.8, 4) is 11.5 Å². The Morgan fingerprint density at radius 1 is 1.13 bits per heavy atom. The maximum Gasteiger partial charge on any atom is 0.296 e. The lowest BCUT2D eigenvalue weighted by molar-refractivity contribution is -0.140. The number of carbonyl (C=O) groups is 2. The number of carbonyl (C=O) groups excluding carboxylic acids is 2. The molecule has 4 heterocycles. The van der Waals surface area contributed by atoms with Gasteiger partial charge in [-0.3, -0.25) is 14.0 Å². The third kappa shape index (κ3) is 4.87. The molecule has 39 heavy (non-hydrogen) atoms. The quantitative estimate of drug-likeness (QED) is 0.178. The van der Waals surface area contributed by atoms with Crippen LogP contribution in [0, 0.1) is 12.8 Å². The van der Waals surface area contributed by atoms with Crippen LogP contribution in [0.15, 0.2) is 71.0 Å². The molecule has 1 atom stereocenters. The normalized spacial score (nSPS) is 16.9. The minimum absolute atomic E-state index is 0.0316. The Bertz CT molecular complexity index is 1550. The number of nitrogens with zero attached hydrogens (tertiary/aromatic N) is 3. The molecule has 0 bridgehead atoms. The fourth-order valence-corrected chi connectivity index (χ4v) is 4.86. The summed E-state index contributed by atoms with van der Waals surface area (Å²) in [5, 5.41) is 11.6. The molecule has 4 aromatic rings. The lowest BCUT2D eigenvalue weighted by Crippen LogP contribution is -2.29. The highest BCUT2D eigenvalue weighted by atomic mass is 16.5. The van der Waals surface area contributed by atoms with Gasteiger partial charge in [-0.1, -0.05) is 26.0 Å². The van der Waals surface area contributed by atoms with Crippen molar-refractivity contribution in [2.75, 3.05) is 13.7 Å². The van der Waals surface area contributed by atoms with E-state index in [4.69, 9.17) is 13.9 Å². The number of ketones is 1. The van der Waals surface area contributed by atoms with Gasteiger partial charge in [0, 0.05) is 6.20 Å². The van der Waals surface area contributed by atoms with Gasteiger partial charge < -0.3 is 23.9 Å². The number of amides is 1. The smallest absolute Gasteiger partial charge is 0.296 e. The minimum atomic E-state index is -0.901. The number of rotatable bonds is 9. The number of pyridine rings is 1. The van der Waals surface area contributed by atoms with Crippen molar-refractivity contribution >= 4 is 23.1 Å². The predicted molar refractivity (Wildman–Crippen MR) is 144 cm³/mol. The maximum absolute atomic E-state index is 13.5. The molecule has 202 valence electrons. The highest BCUT2D eigenvalue weighted by Gasteiger charge is 2.47. The number of imidazole rings is 1. The summed E-state index contributed by atoms with van der Waals surface area (Å²) in [4.78, 5) is 32.8. The Balaban J connectivity index is 1.65. The van der Waals surface area contributed by atoms with Crippen LogP contribution in [0.2, 0.25) is 0 Å². The molecule has 0 spiro atoms. The summed E-state index contributed by atoms with van der Waals surface area (Å²) in [6.45, 7) is 6.56. The van der Waals surface area contributed by atoms with Crippen LogP contribution in [0.25, 0.3) is 11.4 Å². The largest absolute Gasteiger partial charge is 0.505 e. The highest BCUT2D eigenvalue weighted by molar-refractivity contribution is 6.46. The number of fused-ring (bicyclic) bond motifs is 1. The van der Waals surface area contributed by atoms with E-state index in [0.29, 0.717) is 52.4 Å². The van der Waals surface area contributed by atoms with E-state index in [-0.39, 0.29) is 17.9 Å². The lowest BCUT2D eigenvalue weighted by Gasteiger charge is -2.25. The van der Waals surface area contributed by atoms with E-state index in [9.17, 15) is 14.7 Å². The average molecular weight is 530 g/mol. The summed E-state index contributed by atoms with van der Waals surface area (Å²) in [6.07, 6.45) is 4.15. The first-order chi connectivity index (χ1) is 18.8. The topological polar surface area (TPSA) is 107 Å². The molecule has 1 aliphatic rings. The summed E-state index contributed by atoms with van der Waals surface area (Å²) in [6, 6.07) is 13.3. The molecule has 0 radical (unpaired) electrons. The number of furan rings is 1. The Morgan fingerprint density at radius 3 is 2.67 bits per heavy atom. The van der Waals surface area contributed by atoms with E-state index in [0.717, 1.165) is 6.42 Å². The van der Waals surface area contributed by atoms with Crippen LogP contribution >= 0.6 is 0 Å². The van der Waals surface area contributed by atoms with E-state index >= 15 is 0 Å². The van der Waals surface area contributed by atoms with E-state index in [1.54, 1.807) is 60.0 Å². The second-order valence-electron chi connectivity index (χ2n) is 9.92. The number of hydrogen-bond acceptors (Lipinski definition) is 7. The SMILES string of the molecule is COc1cc(C2/C(=C(\O)c3c(C)nc4ccccn34)C(=O)C(=O)N2Cc2ccco2)ccc1OCCC(C)C. The van der Waals surface area contributed by atoms with Gasteiger partial charge in [-0.25, -0.2) is 4.98 Å². The number of aliphatic hydroxyl groups is 1. The van der Waals surface area contributed by atoms with Gasteiger partial charge >= 0.3 is 0 Å². The summed E-state index contributed by atoms with van der Waals surface area (Å²) in [5.41, 5.74) is 2.05. The van der Waals surface area contributed by atoms with Gasteiger partial charge in [0.1, 0.15) is 17.1 Å². The van der Waals surface area contributed by atoms with Gasteiger partial charge in [0.2, 0.25) is 0 Å². The number of aromatic nitrogens is 2. The fourth-order valence-electron chi connectivity index (χ4n) is 4.86. The first kappa shape index (κ1) is 26.1. The van der Waals surface area contributed by atoms with Gasteiger partial charge in [0.15, 0.2) is 17.3 Å². The Morgan fingerprint density at radius 2 is 1.95 bits per heavy atom. The van der Waals surface area contributed by atoms with E-state index in [2.05, 4.69) is 18.8 Å². The van der Waals surface area contributed by atoms with Crippen LogP contribution in [0.5, 0.6) is 11.5 Å². The molecule has 1 unspecified atom stereocenters. The van der Waals surface area contributed by atoms with Crippen molar-refractivity contribution < 1.29 is 28.6 Å². The zero-order valence-electron chi connectivity index (χ0n) is 22.4. The standard InChI is InChI=1S/C30H31N3O6/c1-18(2)12-15-39-22-11-10-20(16-23(22)37-4)27-25(29(35)30(36)33(27)17-21-8-7-14-38-21)28(34)26-19(3)31-24-9-5-6-13-32(24)26/h5-11,13-14,16,18,27,34H,12,15,17H2,1-4H3/b28-25+. The van der Waals surface area contributed by atoms with Crippen LogP contribution in [0.3, 0.4) is 0 Å². The predicted octanol–water partition coefficient (Wildman–Crippen LogP) is 5.29. The number of likely N-dealkylation sites (tertiary alicyclic amines) is 1. The van der Waals surface area contributed by atoms with E-state index < -0.39 is 17.7 Å². The molecule has 1 aliphatic heterocycles. The van der Waals surface area contributed by atoms with Gasteiger partial charge in [-0.2, -0.15) is 0 Å². The molecule has 1 fully saturated rings. The summed E-state index contributed by atoms with van der Waals surface area (Å²) < 4.78 is 18.8. The van der Waals surface area contributed by atoms with Crippen LogP contribution < -0.4 is 9.47 Å². The molecule has 3 aromatic heterocycles. The maximum atomic E-state index is 13.5. The molecule has 1 N–H and O–H groups in total. The van der Waals surface area contributed by atoms with Crippen LogP contribution in [0.4, 0.5) is 0 Å². The van der Waals surface area contributed by atoms with Gasteiger partial charge in [0.25, 0.3) is 11.7 Å². The number of Topliss-reactive ketones (excluding diaryl/α,β-unsaturated/α-hetero) is 1. The average Bonchev–Trinajstić information content (AvgIpc) is 3.61. The lowest BCUT2D eigenvalue weighted by atomic mass is 9.95. The third-order valence-electron chi connectivity index (χ3n) is 6.83. The van der Waals surface area contributed by atoms with Crippen LogP contribution in [-0.2, 0) is 16.1 Å². The van der Waals surface area contributed by atoms with Crippen molar-refractivity contribution in [2.45, 2.75) is 39.8 Å². The molecule has 1 amide bonds. The zero-order valence-corrected chi connectivity index (χ0v) is 22.4. The Kier molecular flexibility index (Phi) is 7.15. The second kappa shape index (κ2) is 10.7. The number of aliphatic hydroxyl groups excluding tert-OH is 1. The zero-order chi connectivity index (χ0) is 27.7. The van der Waals surface area contributed by atoms with E-state index in [1.165, 1.54) is 18.3 Å². The number of methoxy groups -OCH3 is 1. The molecular weight excluding hydrogens is 498 g/mol. The van der Waals surface area contributed by atoms with Crippen molar-refractivity contribution in [3.63, 3.8) is 0 Å². The molecule has 0 saturated carbocycles. The molecule has 0 aliphatic carbocycles. The molecule has 5 rings (SSSR count). The fraction of sp³-hybridized carbons (Fsp3) is 0.300. The first-order valence-corrected chi connectivity index (χ1v) is 12.9. The van der Waals surface area contributed by atoms with Gasteiger partial charge in [-0.15, -0.1) is 0 Å². The Labute approximate surface area is 226 Å². The van der Waals surface area contributed by atoms with Gasteiger partial charge in [-0.05, 0) is 61.2 Å². The van der Waals surface area contributed by atoms with Crippen molar-refractivity contribution in [2.24, 2.45) is 5.92 Å². The minimum Gasteiger partial charge on any atom is -0.505 e. The third-order valence-corrected chi connectivity index (χ3v) is 6.83. The number of benzene rings is 1. The molecule has 1 aromatic carbocycles. The Hall–Kier alpha value is -4.53. The highest BCUT2D eigenvalue weighted by Crippen LogP contribution is 2.43. The monoisotopic (exact) mass is 529 g/mol. The molecule has 9 heteroatoms. The summed E-state index contributed by atoms with van der Waals surface area (Å²) in [5.74, 6) is 0.195. The molecule has 1 saturated heterocycles. The van der Waals surface area contributed by atoms with Crippen molar-refractivity contribution in [3.05, 3.63) is 89.3 Å². The number of hydrogen-bond donors (Lipinski definition) is 1.